The molecule has 112 valence electrons. The number of carboxylic acids is 1. The number of carbonyl (C=O) groups is 1. The molecule has 0 saturated heterocycles. The first-order chi connectivity index (χ1) is 9.91. The van der Waals surface area contributed by atoms with Crippen molar-refractivity contribution in [1.82, 2.24) is 14.8 Å². The van der Waals surface area contributed by atoms with Crippen LogP contribution in [0.15, 0.2) is 32.3 Å². The minimum Gasteiger partial charge on any atom is -0.481 e. The number of benzene rings is 1. The molecule has 0 atom stereocenters. The lowest BCUT2D eigenvalue weighted by atomic mass is 10.2. The van der Waals surface area contributed by atoms with Crippen molar-refractivity contribution in [3.05, 3.63) is 33.0 Å². The highest BCUT2D eigenvalue weighted by Crippen LogP contribution is 2.34. The summed E-state index contributed by atoms with van der Waals surface area (Å²) in [5, 5.41) is 17.8. The van der Waals surface area contributed by atoms with Crippen LogP contribution in [0.5, 0.6) is 0 Å². The van der Waals surface area contributed by atoms with E-state index in [1.165, 1.54) is 0 Å². The van der Waals surface area contributed by atoms with Crippen molar-refractivity contribution in [3.8, 4) is 5.69 Å². The average Bonchev–Trinajstić information content (AvgIpc) is 2.80. The van der Waals surface area contributed by atoms with Gasteiger partial charge in [0, 0.05) is 14.9 Å². The maximum Gasteiger partial charge on any atom is 0.313 e. The number of aromatic nitrogens is 3. The van der Waals surface area contributed by atoms with Gasteiger partial charge in [-0.05, 0) is 44.0 Å². The molecule has 0 radical (unpaired) electrons. The number of carboxylic acid groups (broad SMARTS) is 1. The number of halogens is 2. The molecular formula is C13H13Br2N3O2S. The van der Waals surface area contributed by atoms with E-state index < -0.39 is 5.97 Å². The third-order valence-corrected chi connectivity index (χ3v) is 4.85. The van der Waals surface area contributed by atoms with Gasteiger partial charge in [0.05, 0.1) is 11.4 Å². The molecule has 0 bridgehead atoms. The lowest BCUT2D eigenvalue weighted by Gasteiger charge is -2.15. The second-order valence-corrected chi connectivity index (χ2v) is 7.23. The molecule has 21 heavy (non-hydrogen) atoms. The molecule has 0 aliphatic heterocycles. The van der Waals surface area contributed by atoms with Crippen molar-refractivity contribution in [1.29, 1.82) is 0 Å². The summed E-state index contributed by atoms with van der Waals surface area (Å²) in [6.45, 7) is 4.05. The molecule has 2 aromatic rings. The minimum atomic E-state index is -0.883. The smallest absolute Gasteiger partial charge is 0.313 e. The number of hydrogen-bond donors (Lipinski definition) is 1. The summed E-state index contributed by atoms with van der Waals surface area (Å²) in [5.41, 5.74) is 0.874. The Morgan fingerprint density at radius 1 is 1.33 bits per heavy atom. The Morgan fingerprint density at radius 3 is 2.48 bits per heavy atom. The number of nitrogens with zero attached hydrogens (tertiary/aromatic N) is 3. The summed E-state index contributed by atoms with van der Waals surface area (Å²) < 4.78 is 3.67. The van der Waals surface area contributed by atoms with Gasteiger partial charge in [-0.25, -0.2) is 0 Å². The van der Waals surface area contributed by atoms with Gasteiger partial charge in [-0.2, -0.15) is 0 Å². The topological polar surface area (TPSA) is 68.0 Å². The van der Waals surface area contributed by atoms with Gasteiger partial charge in [0.1, 0.15) is 5.82 Å². The lowest BCUT2D eigenvalue weighted by Crippen LogP contribution is -2.07. The molecule has 0 aliphatic rings. The van der Waals surface area contributed by atoms with Gasteiger partial charge in [-0.15, -0.1) is 10.2 Å². The zero-order valence-corrected chi connectivity index (χ0v) is 15.4. The van der Waals surface area contributed by atoms with Crippen LogP contribution in [-0.2, 0) is 4.79 Å². The second kappa shape index (κ2) is 6.93. The number of aliphatic carboxylic acids is 1. The minimum absolute atomic E-state index is 0.0572. The van der Waals surface area contributed by atoms with Crippen LogP contribution in [0.3, 0.4) is 0 Å². The molecule has 1 aromatic carbocycles. The molecule has 1 heterocycles. The zero-order chi connectivity index (χ0) is 15.6. The number of rotatable bonds is 5. The quantitative estimate of drug-likeness (QED) is 0.717. The van der Waals surface area contributed by atoms with E-state index in [0.29, 0.717) is 5.16 Å². The molecule has 0 fully saturated rings. The van der Waals surface area contributed by atoms with Crippen molar-refractivity contribution in [2.45, 2.75) is 24.9 Å². The Labute approximate surface area is 143 Å². The first-order valence-corrected chi connectivity index (χ1v) is 8.73. The highest BCUT2D eigenvalue weighted by atomic mass is 79.9. The first-order valence-electron chi connectivity index (χ1n) is 6.16. The molecule has 0 spiro atoms. The SMILES string of the molecule is CC(C)c1nnc(SCC(=O)O)n1-c1c(Br)cccc1Br. The second-order valence-electron chi connectivity index (χ2n) is 4.58. The number of thioether (sulfide) groups is 1. The van der Waals surface area contributed by atoms with Crippen molar-refractivity contribution in [2.75, 3.05) is 5.75 Å². The van der Waals surface area contributed by atoms with E-state index in [1.54, 1.807) is 0 Å². The molecule has 0 aliphatic carbocycles. The summed E-state index contributed by atoms with van der Waals surface area (Å²) in [5.74, 6) is 0.0104. The third-order valence-electron chi connectivity index (χ3n) is 2.66. The van der Waals surface area contributed by atoms with E-state index in [1.807, 2.05) is 36.6 Å². The summed E-state index contributed by atoms with van der Waals surface area (Å²) in [6.07, 6.45) is 0. The van der Waals surface area contributed by atoms with Crippen LogP contribution in [0, 0.1) is 0 Å². The van der Waals surface area contributed by atoms with E-state index in [4.69, 9.17) is 5.11 Å². The predicted molar refractivity (Wildman–Crippen MR) is 89.2 cm³/mol. The summed E-state index contributed by atoms with van der Waals surface area (Å²) in [6, 6.07) is 5.77. The maximum absolute atomic E-state index is 10.8. The van der Waals surface area contributed by atoms with Gasteiger partial charge in [-0.1, -0.05) is 31.7 Å². The van der Waals surface area contributed by atoms with Crippen molar-refractivity contribution in [2.24, 2.45) is 0 Å². The fraction of sp³-hybridized carbons (Fsp3) is 0.308. The summed E-state index contributed by atoms with van der Waals surface area (Å²) in [4.78, 5) is 10.8. The van der Waals surface area contributed by atoms with Crippen molar-refractivity contribution < 1.29 is 9.90 Å². The van der Waals surface area contributed by atoms with E-state index in [9.17, 15) is 4.79 Å². The standard InChI is InChI=1S/C13H13Br2N3O2S/c1-7(2)12-16-17-13(21-6-10(19)20)18(12)11-8(14)4-3-5-9(11)15/h3-5,7H,6H2,1-2H3,(H,19,20). The van der Waals surface area contributed by atoms with Crippen LogP contribution in [0.4, 0.5) is 0 Å². The van der Waals surface area contributed by atoms with Gasteiger partial charge in [0.25, 0.3) is 0 Å². The van der Waals surface area contributed by atoms with Crippen LogP contribution in [-0.4, -0.2) is 31.6 Å². The molecule has 8 heteroatoms. The Hall–Kier alpha value is -0.860. The van der Waals surface area contributed by atoms with Crippen molar-refractivity contribution in [3.63, 3.8) is 0 Å². The van der Waals surface area contributed by atoms with Gasteiger partial charge in [0.2, 0.25) is 0 Å². The van der Waals surface area contributed by atoms with Crippen LogP contribution in [0.25, 0.3) is 5.69 Å². The van der Waals surface area contributed by atoms with Gasteiger partial charge < -0.3 is 5.11 Å². The molecule has 2 rings (SSSR count). The summed E-state index contributed by atoms with van der Waals surface area (Å²) >= 11 is 8.22. The molecule has 0 saturated carbocycles. The first kappa shape index (κ1) is 16.5. The Balaban J connectivity index is 2.58. The average molecular weight is 435 g/mol. The molecular weight excluding hydrogens is 422 g/mol. The van der Waals surface area contributed by atoms with E-state index in [-0.39, 0.29) is 11.7 Å². The van der Waals surface area contributed by atoms with Gasteiger partial charge >= 0.3 is 5.97 Å². The molecule has 0 amide bonds. The fourth-order valence-electron chi connectivity index (χ4n) is 1.79. The molecule has 1 aromatic heterocycles. The fourth-order valence-corrected chi connectivity index (χ4v) is 3.81. The third kappa shape index (κ3) is 3.67. The summed E-state index contributed by atoms with van der Waals surface area (Å²) in [7, 11) is 0. The lowest BCUT2D eigenvalue weighted by molar-refractivity contribution is -0.133. The highest BCUT2D eigenvalue weighted by molar-refractivity contribution is 9.11. The Kier molecular flexibility index (Phi) is 5.45. The Morgan fingerprint density at radius 2 is 1.95 bits per heavy atom. The van der Waals surface area contributed by atoms with Gasteiger partial charge in [0.15, 0.2) is 5.16 Å². The maximum atomic E-state index is 10.8. The van der Waals surface area contributed by atoms with Crippen LogP contribution < -0.4 is 0 Å². The van der Waals surface area contributed by atoms with E-state index in [2.05, 4.69) is 42.1 Å². The van der Waals surface area contributed by atoms with Crippen LogP contribution in [0.1, 0.15) is 25.6 Å². The molecule has 1 N–H and O–H groups in total. The molecule has 5 nitrogen and oxygen atoms in total. The molecule has 0 unspecified atom stereocenters. The van der Waals surface area contributed by atoms with E-state index >= 15 is 0 Å². The number of para-hydroxylation sites is 1. The predicted octanol–water partition coefficient (Wildman–Crippen LogP) is 4.09. The van der Waals surface area contributed by atoms with Crippen LogP contribution in [0.2, 0.25) is 0 Å². The van der Waals surface area contributed by atoms with E-state index in [0.717, 1.165) is 32.2 Å². The number of hydrogen-bond acceptors (Lipinski definition) is 4. The highest BCUT2D eigenvalue weighted by Gasteiger charge is 2.21. The normalized spacial score (nSPS) is 11.1. The van der Waals surface area contributed by atoms with Crippen molar-refractivity contribution >= 4 is 49.6 Å². The monoisotopic (exact) mass is 433 g/mol. The Bertz CT molecular complexity index is 653. The van der Waals surface area contributed by atoms with Gasteiger partial charge in [-0.3, -0.25) is 9.36 Å². The van der Waals surface area contributed by atoms with Crippen LogP contribution >= 0.6 is 43.6 Å². The zero-order valence-electron chi connectivity index (χ0n) is 11.4. The largest absolute Gasteiger partial charge is 0.481 e.